The summed E-state index contributed by atoms with van der Waals surface area (Å²) in [5.74, 6) is 0.697. The fourth-order valence-corrected chi connectivity index (χ4v) is 1.36. The van der Waals surface area contributed by atoms with Crippen LogP contribution in [0.15, 0.2) is 49.3 Å². The zero-order valence-corrected chi connectivity index (χ0v) is 8.84. The smallest absolute Gasteiger partial charge is 0.158 e. The summed E-state index contributed by atoms with van der Waals surface area (Å²) < 4.78 is 7.04. The van der Waals surface area contributed by atoms with Crippen LogP contribution in [0.4, 0.5) is 5.69 Å². The lowest BCUT2D eigenvalue weighted by Gasteiger charge is -2.03. The van der Waals surface area contributed by atoms with Crippen LogP contribution in [-0.2, 0) is 0 Å². The van der Waals surface area contributed by atoms with Crippen LogP contribution >= 0.6 is 0 Å². The van der Waals surface area contributed by atoms with Gasteiger partial charge < -0.3 is 10.5 Å². The van der Waals surface area contributed by atoms with E-state index < -0.39 is 0 Å². The second kappa shape index (κ2) is 4.53. The first kappa shape index (κ1) is 10.3. The molecule has 2 rings (SSSR count). The standard InChI is InChI=1S/C12H13N3O/c1-2-7-16-10-8-14-15(9-10)12-6-4-3-5-11(12)13/h2-6,8-9H,1,7,13H2. The molecule has 4 heteroatoms. The second-order valence-corrected chi connectivity index (χ2v) is 3.28. The Morgan fingerprint density at radius 3 is 3.00 bits per heavy atom. The van der Waals surface area contributed by atoms with Gasteiger partial charge in [0.15, 0.2) is 5.75 Å². The second-order valence-electron chi connectivity index (χ2n) is 3.28. The number of aromatic nitrogens is 2. The van der Waals surface area contributed by atoms with E-state index in [9.17, 15) is 0 Å². The highest BCUT2D eigenvalue weighted by molar-refractivity contribution is 5.57. The number of hydrogen-bond acceptors (Lipinski definition) is 3. The number of anilines is 1. The molecule has 0 fully saturated rings. The topological polar surface area (TPSA) is 53.1 Å². The highest BCUT2D eigenvalue weighted by Gasteiger charge is 2.03. The average Bonchev–Trinajstić information content (AvgIpc) is 2.75. The summed E-state index contributed by atoms with van der Waals surface area (Å²) in [6.07, 6.45) is 5.12. The first-order valence-electron chi connectivity index (χ1n) is 4.94. The van der Waals surface area contributed by atoms with Crippen LogP contribution in [0.5, 0.6) is 5.75 Å². The maximum Gasteiger partial charge on any atom is 0.158 e. The van der Waals surface area contributed by atoms with E-state index in [1.54, 1.807) is 23.2 Å². The number of nitrogens with zero attached hydrogens (tertiary/aromatic N) is 2. The number of hydrogen-bond donors (Lipinski definition) is 1. The lowest BCUT2D eigenvalue weighted by molar-refractivity contribution is 0.363. The van der Waals surface area contributed by atoms with Crippen molar-refractivity contribution in [2.45, 2.75) is 0 Å². The first-order valence-corrected chi connectivity index (χ1v) is 4.94. The molecule has 0 aliphatic rings. The van der Waals surface area contributed by atoms with Crippen molar-refractivity contribution in [2.75, 3.05) is 12.3 Å². The van der Waals surface area contributed by atoms with Crippen molar-refractivity contribution in [3.05, 3.63) is 49.3 Å². The third kappa shape index (κ3) is 2.06. The van der Waals surface area contributed by atoms with Gasteiger partial charge in [-0.05, 0) is 12.1 Å². The number of benzene rings is 1. The number of rotatable bonds is 4. The van der Waals surface area contributed by atoms with Crippen LogP contribution in [0, 0.1) is 0 Å². The van der Waals surface area contributed by atoms with Crippen molar-refractivity contribution < 1.29 is 4.74 Å². The van der Waals surface area contributed by atoms with E-state index in [0.29, 0.717) is 18.0 Å². The fourth-order valence-electron chi connectivity index (χ4n) is 1.36. The van der Waals surface area contributed by atoms with Crippen LogP contribution in [0.25, 0.3) is 5.69 Å². The number of para-hydroxylation sites is 2. The van der Waals surface area contributed by atoms with Gasteiger partial charge in [0.05, 0.1) is 23.8 Å². The summed E-state index contributed by atoms with van der Waals surface area (Å²) in [5.41, 5.74) is 7.37. The van der Waals surface area contributed by atoms with Gasteiger partial charge in [-0.15, -0.1) is 0 Å². The minimum Gasteiger partial charge on any atom is -0.486 e. The molecule has 0 unspecified atom stereocenters. The Labute approximate surface area is 94.0 Å². The highest BCUT2D eigenvalue weighted by Crippen LogP contribution is 2.18. The zero-order chi connectivity index (χ0) is 11.4. The molecule has 0 aliphatic heterocycles. The predicted molar refractivity (Wildman–Crippen MR) is 63.7 cm³/mol. The van der Waals surface area contributed by atoms with Gasteiger partial charge in [0, 0.05) is 0 Å². The van der Waals surface area contributed by atoms with Gasteiger partial charge in [0.1, 0.15) is 6.61 Å². The molecule has 0 atom stereocenters. The molecule has 0 bridgehead atoms. The first-order chi connectivity index (χ1) is 7.81. The summed E-state index contributed by atoms with van der Waals surface area (Å²) in [5, 5.41) is 4.18. The van der Waals surface area contributed by atoms with Gasteiger partial charge in [-0.1, -0.05) is 24.8 Å². The molecule has 4 nitrogen and oxygen atoms in total. The molecule has 1 aromatic heterocycles. The van der Waals surface area contributed by atoms with E-state index in [-0.39, 0.29) is 0 Å². The third-order valence-corrected chi connectivity index (χ3v) is 2.11. The number of nitrogens with two attached hydrogens (primary N) is 1. The molecule has 0 radical (unpaired) electrons. The number of ether oxygens (including phenoxy) is 1. The van der Waals surface area contributed by atoms with Crippen LogP contribution < -0.4 is 10.5 Å². The molecule has 82 valence electrons. The third-order valence-electron chi connectivity index (χ3n) is 2.11. The molecule has 0 aliphatic carbocycles. The quantitative estimate of drug-likeness (QED) is 0.627. The Morgan fingerprint density at radius 2 is 2.25 bits per heavy atom. The molecule has 0 spiro atoms. The van der Waals surface area contributed by atoms with Gasteiger partial charge in [-0.25, -0.2) is 4.68 Å². The molecule has 1 heterocycles. The Kier molecular flexibility index (Phi) is 2.91. The van der Waals surface area contributed by atoms with Crippen molar-refractivity contribution in [3.8, 4) is 11.4 Å². The van der Waals surface area contributed by atoms with Crippen molar-refractivity contribution in [1.82, 2.24) is 9.78 Å². The van der Waals surface area contributed by atoms with Crippen LogP contribution in [0.3, 0.4) is 0 Å². The van der Waals surface area contributed by atoms with Gasteiger partial charge in [0.25, 0.3) is 0 Å². The minimum absolute atomic E-state index is 0.468. The maximum absolute atomic E-state index is 5.84. The van der Waals surface area contributed by atoms with E-state index in [2.05, 4.69) is 11.7 Å². The van der Waals surface area contributed by atoms with Crippen molar-refractivity contribution in [3.63, 3.8) is 0 Å². The molecule has 0 amide bonds. The maximum atomic E-state index is 5.84. The van der Waals surface area contributed by atoms with Gasteiger partial charge >= 0.3 is 0 Å². The lowest BCUT2D eigenvalue weighted by atomic mass is 10.3. The van der Waals surface area contributed by atoms with Crippen LogP contribution in [0.1, 0.15) is 0 Å². The van der Waals surface area contributed by atoms with E-state index >= 15 is 0 Å². The fraction of sp³-hybridized carbons (Fsp3) is 0.0833. The Hall–Kier alpha value is -2.23. The van der Waals surface area contributed by atoms with Crippen molar-refractivity contribution in [1.29, 1.82) is 0 Å². The molecular formula is C12H13N3O. The summed E-state index contributed by atoms with van der Waals surface area (Å²) in [6.45, 7) is 4.05. The Morgan fingerprint density at radius 1 is 1.44 bits per heavy atom. The van der Waals surface area contributed by atoms with Gasteiger partial charge in [-0.3, -0.25) is 0 Å². The van der Waals surface area contributed by atoms with E-state index in [0.717, 1.165) is 5.69 Å². The molecule has 1 aromatic carbocycles. The SMILES string of the molecule is C=CCOc1cnn(-c2ccccc2N)c1. The molecule has 2 N–H and O–H groups in total. The van der Waals surface area contributed by atoms with Gasteiger partial charge in [0.2, 0.25) is 0 Å². The molecule has 16 heavy (non-hydrogen) atoms. The largest absolute Gasteiger partial charge is 0.486 e. The number of nitrogen functional groups attached to an aromatic ring is 1. The summed E-state index contributed by atoms with van der Waals surface area (Å²) in [4.78, 5) is 0. The Balaban J connectivity index is 2.25. The summed E-state index contributed by atoms with van der Waals surface area (Å²) in [7, 11) is 0. The monoisotopic (exact) mass is 215 g/mol. The molecule has 0 saturated heterocycles. The van der Waals surface area contributed by atoms with E-state index in [1.807, 2.05) is 24.3 Å². The molecular weight excluding hydrogens is 202 g/mol. The summed E-state index contributed by atoms with van der Waals surface area (Å²) in [6, 6.07) is 7.54. The minimum atomic E-state index is 0.468. The average molecular weight is 215 g/mol. The van der Waals surface area contributed by atoms with Crippen molar-refractivity contribution in [2.24, 2.45) is 0 Å². The van der Waals surface area contributed by atoms with E-state index in [1.165, 1.54) is 0 Å². The Bertz CT molecular complexity index is 491. The lowest BCUT2D eigenvalue weighted by Crippen LogP contribution is -1.99. The highest BCUT2D eigenvalue weighted by atomic mass is 16.5. The van der Waals surface area contributed by atoms with Gasteiger partial charge in [-0.2, -0.15) is 5.10 Å². The normalized spacial score (nSPS) is 10.0. The van der Waals surface area contributed by atoms with Crippen LogP contribution in [0.2, 0.25) is 0 Å². The van der Waals surface area contributed by atoms with E-state index in [4.69, 9.17) is 10.5 Å². The van der Waals surface area contributed by atoms with Crippen LogP contribution in [-0.4, -0.2) is 16.4 Å². The van der Waals surface area contributed by atoms with Crippen molar-refractivity contribution >= 4 is 5.69 Å². The predicted octanol–water partition coefficient (Wildman–Crippen LogP) is 2.02. The molecule has 0 saturated carbocycles. The zero-order valence-electron chi connectivity index (χ0n) is 8.84. The molecule has 2 aromatic rings. The summed E-state index contributed by atoms with van der Waals surface area (Å²) >= 11 is 0.